The van der Waals surface area contributed by atoms with E-state index in [0.717, 1.165) is 5.56 Å². The fourth-order valence-corrected chi connectivity index (χ4v) is 3.32. The predicted octanol–water partition coefficient (Wildman–Crippen LogP) is 0.682. The second-order valence-electron chi connectivity index (χ2n) is 9.33. The highest BCUT2D eigenvalue weighted by Crippen LogP contribution is 2.22. The Hall–Kier alpha value is -3.04. The summed E-state index contributed by atoms with van der Waals surface area (Å²) in [5.41, 5.74) is 6.40. The molecule has 3 atom stereocenters. The average Bonchev–Trinajstić information content (AvgIpc) is 3.19. The zero-order valence-electron chi connectivity index (χ0n) is 19.4. The van der Waals surface area contributed by atoms with Crippen LogP contribution in [0.3, 0.4) is 0 Å². The minimum atomic E-state index is -1.00. The summed E-state index contributed by atoms with van der Waals surface area (Å²) in [6, 6.07) is 8.38. The van der Waals surface area contributed by atoms with Crippen LogP contribution < -0.4 is 11.1 Å². The van der Waals surface area contributed by atoms with Crippen LogP contribution in [0.15, 0.2) is 36.5 Å². The molecule has 1 aromatic heterocycles. The molecule has 0 aliphatic rings. The van der Waals surface area contributed by atoms with Gasteiger partial charge in [-0.25, -0.2) is 4.98 Å². The summed E-state index contributed by atoms with van der Waals surface area (Å²) in [5, 5.41) is 21.2. The van der Waals surface area contributed by atoms with Crippen molar-refractivity contribution < 1.29 is 24.6 Å². The number of nitrogens with two attached hydrogens (primary N) is 1. The van der Waals surface area contributed by atoms with Crippen molar-refractivity contribution in [2.24, 2.45) is 17.1 Å². The molecule has 1 aromatic carbocycles. The monoisotopic (exact) mass is 458 g/mol. The smallest absolute Gasteiger partial charge is 0.240 e. The Morgan fingerprint density at radius 2 is 1.79 bits per heavy atom. The van der Waals surface area contributed by atoms with Gasteiger partial charge in [0.1, 0.15) is 17.6 Å². The van der Waals surface area contributed by atoms with Crippen molar-refractivity contribution in [2.75, 3.05) is 6.61 Å². The van der Waals surface area contributed by atoms with Crippen LogP contribution in [0.4, 0.5) is 0 Å². The molecule has 0 aliphatic carbocycles. The van der Waals surface area contributed by atoms with Gasteiger partial charge < -0.3 is 26.2 Å². The van der Waals surface area contributed by atoms with Gasteiger partial charge in [-0.3, -0.25) is 14.4 Å². The highest BCUT2D eigenvalue weighted by Gasteiger charge is 2.31. The van der Waals surface area contributed by atoms with Crippen molar-refractivity contribution in [3.05, 3.63) is 53.6 Å². The van der Waals surface area contributed by atoms with E-state index < -0.39 is 41.9 Å². The maximum Gasteiger partial charge on any atom is 0.240 e. The number of primary amides is 1. The van der Waals surface area contributed by atoms with E-state index in [4.69, 9.17) is 10.8 Å². The Labute approximate surface area is 193 Å². The molecule has 0 spiro atoms. The van der Waals surface area contributed by atoms with Gasteiger partial charge in [0, 0.05) is 42.5 Å². The first-order chi connectivity index (χ1) is 15.5. The molecular formula is C24H34N4O5. The van der Waals surface area contributed by atoms with Gasteiger partial charge in [-0.15, -0.1) is 0 Å². The van der Waals surface area contributed by atoms with Crippen molar-refractivity contribution in [1.82, 2.24) is 15.3 Å². The molecule has 2 aromatic rings. The summed E-state index contributed by atoms with van der Waals surface area (Å²) in [4.78, 5) is 45.0. The second kappa shape index (κ2) is 11.7. The van der Waals surface area contributed by atoms with E-state index in [-0.39, 0.29) is 25.0 Å². The second-order valence-corrected chi connectivity index (χ2v) is 9.33. The van der Waals surface area contributed by atoms with Gasteiger partial charge in [0.15, 0.2) is 0 Å². The van der Waals surface area contributed by atoms with Gasteiger partial charge in [-0.2, -0.15) is 0 Å². The lowest BCUT2D eigenvalue weighted by molar-refractivity contribution is -0.134. The van der Waals surface area contributed by atoms with E-state index in [1.807, 2.05) is 51.1 Å². The lowest BCUT2D eigenvalue weighted by Gasteiger charge is -2.24. The summed E-state index contributed by atoms with van der Waals surface area (Å²) in [7, 11) is 0. The molecule has 0 aliphatic heterocycles. The number of carbonyl (C=O) groups is 3. The number of hydrogen-bond acceptors (Lipinski definition) is 6. The first-order valence-electron chi connectivity index (χ1n) is 11.0. The van der Waals surface area contributed by atoms with Crippen LogP contribution in [-0.4, -0.2) is 56.5 Å². The number of nitrogens with one attached hydrogen (secondary N) is 2. The van der Waals surface area contributed by atoms with E-state index >= 15 is 0 Å². The topological polar surface area (TPSA) is 158 Å². The van der Waals surface area contributed by atoms with Crippen LogP contribution in [0, 0.1) is 11.3 Å². The van der Waals surface area contributed by atoms with Gasteiger partial charge in [-0.1, -0.05) is 51.1 Å². The van der Waals surface area contributed by atoms with E-state index in [1.165, 1.54) is 6.20 Å². The van der Waals surface area contributed by atoms with Gasteiger partial charge in [0.05, 0.1) is 12.7 Å². The molecule has 9 heteroatoms. The highest BCUT2D eigenvalue weighted by molar-refractivity contribution is 5.92. The van der Waals surface area contributed by atoms with Crippen LogP contribution >= 0.6 is 0 Å². The molecule has 180 valence electrons. The third kappa shape index (κ3) is 8.43. The zero-order valence-corrected chi connectivity index (χ0v) is 19.4. The van der Waals surface area contributed by atoms with Crippen molar-refractivity contribution >= 4 is 17.6 Å². The van der Waals surface area contributed by atoms with Crippen LogP contribution in [0.2, 0.25) is 0 Å². The third-order valence-electron chi connectivity index (χ3n) is 5.37. The highest BCUT2D eigenvalue weighted by atomic mass is 16.3. The number of benzene rings is 1. The zero-order chi connectivity index (χ0) is 24.6. The average molecular weight is 459 g/mol. The lowest BCUT2D eigenvalue weighted by Crippen LogP contribution is -2.48. The summed E-state index contributed by atoms with van der Waals surface area (Å²) >= 11 is 0. The first-order valence-corrected chi connectivity index (χ1v) is 11.0. The maximum atomic E-state index is 13.1. The maximum absolute atomic E-state index is 13.1. The number of Topliss-reactive ketones (excluding diaryl/α,β-unsaturated/α-hetero) is 1. The SMILES string of the molecule is CC(C)(C)C(=O)C[C@@H](Cc1ccccc1)C(=O)NC(Cc1cnc(CC(O)CO)[nH]1)C(N)=O. The molecule has 0 radical (unpaired) electrons. The molecule has 2 amide bonds. The number of hydrogen-bond donors (Lipinski definition) is 5. The molecular weight excluding hydrogens is 424 g/mol. The molecule has 9 nitrogen and oxygen atoms in total. The standard InChI is InChI=1S/C24H34N4O5/c1-24(2,3)20(31)10-16(9-15-7-5-4-6-8-15)23(33)28-19(22(25)32)11-17-13-26-21(27-17)12-18(30)14-29/h4-8,13,16,18-19,29-30H,9-12,14H2,1-3H3,(H2,25,32)(H,26,27)(H,28,33)/t16-,18?,19?/m1/s1. The number of imidazole rings is 1. The number of aliphatic hydroxyl groups excluding tert-OH is 2. The van der Waals surface area contributed by atoms with Crippen LogP contribution in [0.5, 0.6) is 0 Å². The largest absolute Gasteiger partial charge is 0.394 e. The quantitative estimate of drug-likeness (QED) is 0.315. The Morgan fingerprint density at radius 1 is 1.12 bits per heavy atom. The Balaban J connectivity index is 2.14. The molecule has 33 heavy (non-hydrogen) atoms. The number of amides is 2. The number of aliphatic hydroxyl groups is 2. The Kier molecular flexibility index (Phi) is 9.31. The number of H-pyrrole nitrogens is 1. The lowest BCUT2D eigenvalue weighted by atomic mass is 9.83. The summed E-state index contributed by atoms with van der Waals surface area (Å²) < 4.78 is 0. The number of aromatic amines is 1. The van der Waals surface area contributed by atoms with Crippen molar-refractivity contribution in [3.63, 3.8) is 0 Å². The first kappa shape index (κ1) is 26.2. The van der Waals surface area contributed by atoms with E-state index in [2.05, 4.69) is 15.3 Å². The van der Waals surface area contributed by atoms with Gasteiger partial charge >= 0.3 is 0 Å². The molecule has 0 saturated carbocycles. The normalized spacial score (nSPS) is 14.3. The molecule has 6 N–H and O–H groups in total. The van der Waals surface area contributed by atoms with Crippen LogP contribution in [0.1, 0.15) is 44.3 Å². The van der Waals surface area contributed by atoms with Gasteiger partial charge in [0.25, 0.3) is 0 Å². The fraction of sp³-hybridized carbons (Fsp3) is 0.500. The van der Waals surface area contributed by atoms with Gasteiger partial charge in [0.2, 0.25) is 11.8 Å². The molecule has 1 heterocycles. The summed E-state index contributed by atoms with van der Waals surface area (Å²) in [6.45, 7) is 5.03. The molecule has 2 rings (SSSR count). The predicted molar refractivity (Wildman–Crippen MR) is 123 cm³/mol. The Bertz CT molecular complexity index is 936. The van der Waals surface area contributed by atoms with E-state index in [1.54, 1.807) is 0 Å². The Morgan fingerprint density at radius 3 is 2.36 bits per heavy atom. The molecule has 0 saturated heterocycles. The number of nitrogens with zero attached hydrogens (tertiary/aromatic N) is 1. The van der Waals surface area contributed by atoms with E-state index in [0.29, 0.717) is 17.9 Å². The fourth-order valence-electron chi connectivity index (χ4n) is 3.32. The molecule has 0 fully saturated rings. The number of carbonyl (C=O) groups excluding carboxylic acids is 3. The molecule has 0 bridgehead atoms. The van der Waals surface area contributed by atoms with Crippen molar-refractivity contribution in [2.45, 2.75) is 58.6 Å². The van der Waals surface area contributed by atoms with Crippen LogP contribution in [-0.2, 0) is 33.6 Å². The molecule has 2 unspecified atom stereocenters. The van der Waals surface area contributed by atoms with Crippen molar-refractivity contribution in [1.29, 1.82) is 0 Å². The number of ketones is 1. The summed E-state index contributed by atoms with van der Waals surface area (Å²) in [6.07, 6.45) is 1.14. The summed E-state index contributed by atoms with van der Waals surface area (Å²) in [5.74, 6) is -1.39. The van der Waals surface area contributed by atoms with Crippen molar-refractivity contribution in [3.8, 4) is 0 Å². The minimum Gasteiger partial charge on any atom is -0.394 e. The minimum absolute atomic E-state index is 0.0446. The number of rotatable bonds is 12. The third-order valence-corrected chi connectivity index (χ3v) is 5.37. The number of aromatic nitrogens is 2. The van der Waals surface area contributed by atoms with Crippen LogP contribution in [0.25, 0.3) is 0 Å². The van der Waals surface area contributed by atoms with Gasteiger partial charge in [-0.05, 0) is 12.0 Å². The van der Waals surface area contributed by atoms with E-state index in [9.17, 15) is 19.5 Å².